The van der Waals surface area contributed by atoms with Crippen LogP contribution in [0.25, 0.3) is 0 Å². The predicted octanol–water partition coefficient (Wildman–Crippen LogP) is 8.48. The number of hydrogen-bond donors (Lipinski definition) is 0. The van der Waals surface area contributed by atoms with Crippen molar-refractivity contribution >= 4 is 20.0 Å². The number of rotatable bonds is 21. The second-order valence-corrected chi connectivity index (χ2v) is 19.4. The summed E-state index contributed by atoms with van der Waals surface area (Å²) in [7, 11) is 3.45. The van der Waals surface area contributed by atoms with Crippen LogP contribution in [0.4, 0.5) is 5.69 Å². The van der Waals surface area contributed by atoms with Gasteiger partial charge in [0.2, 0.25) is 0 Å². The number of hydrogen-bond acceptors (Lipinski definition) is 9. The molecular weight excluding hydrogens is 683 g/mol. The first-order valence-corrected chi connectivity index (χ1v) is 21.2. The van der Waals surface area contributed by atoms with Crippen molar-refractivity contribution in [1.29, 1.82) is 0 Å². The van der Waals surface area contributed by atoms with Gasteiger partial charge in [0.1, 0.15) is 0 Å². The maximum atomic E-state index is 11.5. The van der Waals surface area contributed by atoms with Gasteiger partial charge in [-0.2, -0.15) is 0 Å². The summed E-state index contributed by atoms with van der Waals surface area (Å²) in [5, 5.41) is 11.5. The first-order valence-electron chi connectivity index (χ1n) is 19.3. The van der Waals surface area contributed by atoms with Crippen molar-refractivity contribution < 1.29 is 18.5 Å². The van der Waals surface area contributed by atoms with Crippen LogP contribution in [0, 0.1) is 10.1 Å². The van der Waals surface area contributed by atoms with Crippen LogP contribution in [0.2, 0.25) is 11.1 Å². The van der Waals surface area contributed by atoms with Crippen molar-refractivity contribution in [2.75, 3.05) is 73.6 Å². The fourth-order valence-electron chi connectivity index (χ4n) is 7.30. The summed E-state index contributed by atoms with van der Waals surface area (Å²) >= 11 is 0. The molecule has 1 heterocycles. The molecule has 3 aromatic carbocycles. The van der Waals surface area contributed by atoms with Crippen LogP contribution in [0.15, 0.2) is 89.9 Å². The average molecular weight is 746 g/mol. The van der Waals surface area contributed by atoms with Gasteiger partial charge >= 0.3 is 8.56 Å². The van der Waals surface area contributed by atoms with E-state index in [1.165, 1.54) is 5.56 Å². The molecule has 290 valence electrons. The maximum absolute atomic E-state index is 11.5. The number of nitro benzene ring substituents is 1. The molecule has 11 heteroatoms. The van der Waals surface area contributed by atoms with Crippen molar-refractivity contribution in [3.63, 3.8) is 0 Å². The minimum atomic E-state index is -2.89. The van der Waals surface area contributed by atoms with E-state index in [1.54, 1.807) is 12.1 Å². The number of non-ortho nitro benzene ring substituents is 1. The highest BCUT2D eigenvalue weighted by molar-refractivity contribution is 6.70. The highest BCUT2D eigenvalue weighted by Gasteiger charge is 2.49. The van der Waals surface area contributed by atoms with Crippen molar-refractivity contribution in [3.8, 4) is 0 Å². The van der Waals surface area contributed by atoms with E-state index in [4.69, 9.17) is 18.6 Å². The third-order valence-corrected chi connectivity index (χ3v) is 14.8. The molecule has 3 unspecified atom stereocenters. The quantitative estimate of drug-likeness (QED) is 0.0464. The molecule has 1 saturated heterocycles. The highest BCUT2D eigenvalue weighted by atomic mass is 28.4. The Balaban J connectivity index is 1.63. The molecule has 1 aliphatic heterocycles. The second kappa shape index (κ2) is 21.0. The van der Waals surface area contributed by atoms with Gasteiger partial charge in [-0.1, -0.05) is 100 Å². The van der Waals surface area contributed by atoms with Crippen LogP contribution in [0.1, 0.15) is 82.4 Å². The van der Waals surface area contributed by atoms with Gasteiger partial charge in [0.25, 0.3) is 5.69 Å². The molecule has 0 N–H and O–H groups in total. The Morgan fingerprint density at radius 3 is 1.79 bits per heavy atom. The Morgan fingerprint density at radius 2 is 1.32 bits per heavy atom. The Kier molecular flexibility index (Phi) is 16.8. The Hall–Kier alpha value is -3.29. The standard InChI is InChI=1S/C42H63N5O5Si/c1-33(2)53(34(3)4,51-40(23-26-44(6)7)36-15-11-9-12-16-36)52-41(37-17-13-10-14-18-37)24-27-45(8)42(38-19-21-39(22-20-38)47(48)49)35(5)43-25-28-46-29-31-50-32-30-46/h9-22,33-34,40-42H,23-32H2,1-8H3. The molecule has 1 aliphatic rings. The summed E-state index contributed by atoms with van der Waals surface area (Å²) in [5.41, 5.74) is 4.76. The fourth-order valence-corrected chi connectivity index (χ4v) is 11.2. The molecule has 0 aliphatic carbocycles. The van der Waals surface area contributed by atoms with Crippen molar-refractivity contribution in [2.24, 2.45) is 4.99 Å². The lowest BCUT2D eigenvalue weighted by Crippen LogP contribution is -2.50. The number of ether oxygens (including phenoxy) is 1. The van der Waals surface area contributed by atoms with E-state index >= 15 is 0 Å². The second-order valence-electron chi connectivity index (χ2n) is 15.2. The van der Waals surface area contributed by atoms with Gasteiger partial charge in [0, 0.05) is 50.6 Å². The molecule has 0 radical (unpaired) electrons. The van der Waals surface area contributed by atoms with Gasteiger partial charge in [-0.3, -0.25) is 24.9 Å². The highest BCUT2D eigenvalue weighted by Crippen LogP contribution is 2.43. The molecular formula is C42H63N5O5Si. The molecule has 1 fully saturated rings. The number of nitrogens with zero attached hydrogens (tertiary/aromatic N) is 5. The molecule has 0 bridgehead atoms. The molecule has 53 heavy (non-hydrogen) atoms. The number of benzene rings is 3. The van der Waals surface area contributed by atoms with Gasteiger partial charge in [-0.05, 0) is 68.7 Å². The third kappa shape index (κ3) is 12.4. The Morgan fingerprint density at radius 1 is 0.811 bits per heavy atom. The van der Waals surface area contributed by atoms with Crippen LogP contribution in [-0.2, 0) is 13.6 Å². The normalized spacial score (nSPS) is 16.4. The van der Waals surface area contributed by atoms with E-state index in [2.05, 4.69) is 125 Å². The van der Waals surface area contributed by atoms with E-state index < -0.39 is 8.56 Å². The van der Waals surface area contributed by atoms with Crippen LogP contribution in [0.5, 0.6) is 0 Å². The van der Waals surface area contributed by atoms with Crippen molar-refractivity contribution in [3.05, 3.63) is 112 Å². The van der Waals surface area contributed by atoms with Crippen LogP contribution in [-0.4, -0.2) is 108 Å². The lowest BCUT2D eigenvalue weighted by atomic mass is 9.99. The van der Waals surface area contributed by atoms with E-state index in [0.29, 0.717) is 13.1 Å². The van der Waals surface area contributed by atoms with E-state index in [1.807, 2.05) is 18.2 Å². The van der Waals surface area contributed by atoms with Gasteiger partial charge in [-0.25, -0.2) is 0 Å². The number of nitro groups is 1. The summed E-state index contributed by atoms with van der Waals surface area (Å²) in [6, 6.07) is 27.9. The number of aliphatic imine (C=N–C) groups is 1. The largest absolute Gasteiger partial charge is 0.387 e. The molecule has 3 atom stereocenters. The van der Waals surface area contributed by atoms with Crippen LogP contribution in [0.3, 0.4) is 0 Å². The van der Waals surface area contributed by atoms with Crippen LogP contribution >= 0.6 is 0 Å². The first-order chi connectivity index (χ1) is 25.4. The Bertz CT molecular complexity index is 1530. The van der Waals surface area contributed by atoms with Gasteiger partial charge in [-0.15, -0.1) is 0 Å². The summed E-state index contributed by atoms with van der Waals surface area (Å²) < 4.78 is 20.5. The Labute approximate surface area is 319 Å². The predicted molar refractivity (Wildman–Crippen MR) is 218 cm³/mol. The summed E-state index contributed by atoms with van der Waals surface area (Å²) in [4.78, 5) is 23.1. The van der Waals surface area contributed by atoms with Crippen LogP contribution < -0.4 is 0 Å². The third-order valence-electron chi connectivity index (χ3n) is 10.3. The summed E-state index contributed by atoms with van der Waals surface area (Å²) in [6.07, 6.45) is 1.32. The minimum absolute atomic E-state index is 0.0812. The molecule has 10 nitrogen and oxygen atoms in total. The monoisotopic (exact) mass is 745 g/mol. The lowest BCUT2D eigenvalue weighted by Gasteiger charge is -2.43. The zero-order valence-electron chi connectivity index (χ0n) is 33.3. The SMILES string of the molecule is CC(=NCCN1CCOCC1)C(c1ccc([N+](=O)[O-])cc1)N(C)CCC(O[Si](OC(CCN(C)C)c1ccccc1)(C(C)C)C(C)C)c1ccccc1. The van der Waals surface area contributed by atoms with E-state index in [9.17, 15) is 10.1 Å². The lowest BCUT2D eigenvalue weighted by molar-refractivity contribution is -0.384. The van der Waals surface area contributed by atoms with E-state index in [-0.39, 0.29) is 39.9 Å². The smallest absolute Gasteiger partial charge is 0.344 e. The molecule has 0 amide bonds. The zero-order valence-corrected chi connectivity index (χ0v) is 34.3. The van der Waals surface area contributed by atoms with E-state index in [0.717, 1.165) is 69.1 Å². The summed E-state index contributed by atoms with van der Waals surface area (Å²) in [5.74, 6) is 0. The summed E-state index contributed by atoms with van der Waals surface area (Å²) in [6.45, 7) is 17.6. The molecule has 0 aromatic heterocycles. The van der Waals surface area contributed by atoms with Crippen molar-refractivity contribution in [2.45, 2.75) is 76.8 Å². The van der Waals surface area contributed by atoms with Crippen molar-refractivity contribution in [1.82, 2.24) is 14.7 Å². The molecule has 0 spiro atoms. The average Bonchev–Trinajstić information content (AvgIpc) is 3.15. The van der Waals surface area contributed by atoms with Gasteiger partial charge < -0.3 is 18.5 Å². The first kappa shape index (κ1) is 42.4. The fraction of sp³-hybridized carbons (Fsp3) is 0.548. The minimum Gasteiger partial charge on any atom is -0.387 e. The van der Waals surface area contributed by atoms with Gasteiger partial charge in [0.15, 0.2) is 0 Å². The van der Waals surface area contributed by atoms with Gasteiger partial charge in [0.05, 0.1) is 42.9 Å². The zero-order chi connectivity index (χ0) is 38.4. The maximum Gasteiger partial charge on any atom is 0.344 e. The molecule has 3 aromatic rings. The topological polar surface area (TPSA) is 92.9 Å². The number of morpholine rings is 1. The molecule has 4 rings (SSSR count). The molecule has 0 saturated carbocycles.